The number of ether oxygens (including phenoxy) is 5. The Labute approximate surface area is 418 Å². The van der Waals surface area contributed by atoms with Crippen LogP contribution in [0.3, 0.4) is 0 Å². The van der Waals surface area contributed by atoms with Gasteiger partial charge in [0, 0.05) is 93.9 Å². The van der Waals surface area contributed by atoms with Crippen LogP contribution in [0, 0.1) is 5.82 Å². The van der Waals surface area contributed by atoms with Crippen molar-refractivity contribution in [2.75, 3.05) is 130 Å². The molecule has 0 aliphatic carbocycles. The molecule has 2 aromatic heterocycles. The number of rotatable bonds is 28. The van der Waals surface area contributed by atoms with Gasteiger partial charge in [-0.05, 0) is 78.9 Å². The van der Waals surface area contributed by atoms with Crippen molar-refractivity contribution in [3.05, 3.63) is 131 Å². The summed E-state index contributed by atoms with van der Waals surface area (Å²) in [6, 6.07) is 26.7. The number of pyridine rings is 2. The van der Waals surface area contributed by atoms with Crippen LogP contribution >= 0.6 is 0 Å². The number of hydrogen-bond acceptors (Lipinski definition) is 13. The average molecular weight is 977 g/mol. The van der Waals surface area contributed by atoms with Gasteiger partial charge in [-0.3, -0.25) is 29.4 Å². The molecule has 3 N–H and O–H groups in total. The zero-order chi connectivity index (χ0) is 50.0. The molecule has 2 aliphatic rings. The Bertz CT molecular complexity index is 2450. The van der Waals surface area contributed by atoms with Crippen LogP contribution < -0.4 is 20.9 Å². The number of likely N-dealkylation sites (N-methyl/N-ethyl adjacent to an activating group) is 1. The zero-order valence-corrected chi connectivity index (χ0v) is 42.2. The molecular weight excluding hydrogens is 904 g/mol. The van der Waals surface area contributed by atoms with Gasteiger partial charge in [0.1, 0.15) is 5.82 Å². The topological polar surface area (TPSA) is 152 Å². The lowest BCUT2D eigenvalue weighted by Crippen LogP contribution is -2.59. The molecule has 1 saturated heterocycles. The molecular formula is C55H73FN8O7. The van der Waals surface area contributed by atoms with E-state index in [-0.39, 0.29) is 41.0 Å². The van der Waals surface area contributed by atoms with Gasteiger partial charge >= 0.3 is 0 Å². The van der Waals surface area contributed by atoms with E-state index in [1.807, 2.05) is 77.8 Å². The van der Waals surface area contributed by atoms with Crippen LogP contribution in [-0.4, -0.2) is 163 Å². The van der Waals surface area contributed by atoms with E-state index < -0.39 is 0 Å². The summed E-state index contributed by atoms with van der Waals surface area (Å²) in [6.07, 6.45) is 4.11. The number of hydrogen-bond donors (Lipinski definition) is 3. The fraction of sp³-hybridized carbons (Fsp3) is 0.491. The number of benzene rings is 3. The van der Waals surface area contributed by atoms with E-state index in [9.17, 15) is 14.0 Å². The van der Waals surface area contributed by atoms with Gasteiger partial charge in [-0.15, -0.1) is 0 Å². The van der Waals surface area contributed by atoms with Crippen molar-refractivity contribution < 1.29 is 37.7 Å². The second-order valence-electron chi connectivity index (χ2n) is 19.3. The van der Waals surface area contributed by atoms with E-state index in [2.05, 4.69) is 64.6 Å². The number of halogens is 1. The van der Waals surface area contributed by atoms with Crippen LogP contribution in [0.5, 0.6) is 0 Å². The number of nitrogens with zero attached hydrogens (tertiary/aromatic N) is 5. The van der Waals surface area contributed by atoms with Gasteiger partial charge < -0.3 is 44.5 Å². The first kappa shape index (κ1) is 53.5. The van der Waals surface area contributed by atoms with E-state index in [4.69, 9.17) is 28.7 Å². The monoisotopic (exact) mass is 977 g/mol. The molecule has 7 rings (SSSR count). The average Bonchev–Trinajstić information content (AvgIpc) is 3.62. The number of anilines is 2. The second kappa shape index (κ2) is 27.0. The molecule has 382 valence electrons. The molecule has 15 nitrogen and oxygen atoms in total. The highest BCUT2D eigenvalue weighted by atomic mass is 19.1. The third-order valence-corrected chi connectivity index (χ3v) is 13.0. The fourth-order valence-corrected chi connectivity index (χ4v) is 9.16. The Morgan fingerprint density at radius 2 is 1.62 bits per heavy atom. The van der Waals surface area contributed by atoms with Crippen molar-refractivity contribution in [3.8, 4) is 0 Å². The van der Waals surface area contributed by atoms with Crippen molar-refractivity contribution in [2.45, 2.75) is 57.2 Å². The minimum Gasteiger partial charge on any atom is -0.383 e. The Balaban J connectivity index is 0.780. The summed E-state index contributed by atoms with van der Waals surface area (Å²) in [5.41, 5.74) is 6.03. The van der Waals surface area contributed by atoms with Gasteiger partial charge in [0.25, 0.3) is 0 Å². The van der Waals surface area contributed by atoms with E-state index in [1.165, 1.54) is 12.1 Å². The maximum absolute atomic E-state index is 14.1. The van der Waals surface area contributed by atoms with Crippen LogP contribution in [0.1, 0.15) is 54.8 Å². The van der Waals surface area contributed by atoms with E-state index in [0.29, 0.717) is 105 Å². The Kier molecular flexibility index (Phi) is 20.3. The third-order valence-electron chi connectivity index (χ3n) is 13.0. The summed E-state index contributed by atoms with van der Waals surface area (Å²) in [5, 5.41) is 12.0. The van der Waals surface area contributed by atoms with E-state index in [0.717, 1.165) is 63.3 Å². The first-order valence-electron chi connectivity index (χ1n) is 24.9. The number of fused-ring (bicyclic) bond motifs is 2. The number of carbonyl (C=O) groups excluding carboxylic acids is 2. The highest BCUT2D eigenvalue weighted by Gasteiger charge is 2.41. The molecule has 0 unspecified atom stereocenters. The molecule has 0 radical (unpaired) electrons. The molecule has 0 bridgehead atoms. The lowest BCUT2D eigenvalue weighted by molar-refractivity contribution is -0.121. The van der Waals surface area contributed by atoms with Crippen LogP contribution in [0.15, 0.2) is 97.3 Å². The first-order valence-corrected chi connectivity index (χ1v) is 24.9. The summed E-state index contributed by atoms with van der Waals surface area (Å²) in [7, 11) is 3.75. The molecule has 1 fully saturated rings. The van der Waals surface area contributed by atoms with Crippen molar-refractivity contribution in [1.82, 2.24) is 30.4 Å². The maximum Gasteiger partial charge on any atom is 0.241 e. The fourth-order valence-electron chi connectivity index (χ4n) is 9.16. The maximum atomic E-state index is 14.1. The van der Waals surface area contributed by atoms with Crippen molar-refractivity contribution >= 4 is 34.0 Å². The molecule has 3 aromatic carbocycles. The van der Waals surface area contributed by atoms with Gasteiger partial charge in [-0.1, -0.05) is 62.4 Å². The molecule has 0 spiro atoms. The normalized spacial score (nSPS) is 17.2. The highest BCUT2D eigenvalue weighted by Crippen LogP contribution is 2.41. The molecule has 2 aliphatic heterocycles. The summed E-state index contributed by atoms with van der Waals surface area (Å²) < 4.78 is 42.5. The standard InChI is InChI=1S/C55H73FN8O7/c1-40-35-63(48(33-59-40)38-67-5)37-52(65)64-39-55(2,3)53-51(64)31-45(29-41-11-14-46(56)15-12-41)50(61-53)36-62(4)20-22-69-24-26-71-28-27-70-25-23-68-21-19-58-34-49(42-9-7-6-8-10-42)54(66)60-47-16-13-44-32-57-18-17-43(44)30-47/h6-18,30-32,40,48-49,58-59H,19-29,33-39H2,1-5H3,(H,60,66)/t40-,48-,49-/m1/s1. The molecule has 0 saturated carbocycles. The van der Waals surface area contributed by atoms with E-state index >= 15 is 0 Å². The SMILES string of the molecule is COC[C@H]1CN[C@H](C)CN1CC(=O)N1CC(C)(C)c2nc(CN(C)CCOCCOCCOCCOCCNC[C@@H](C(=O)Nc3ccc4cnccc4c3)c3ccccc3)c(Cc3ccc(F)cc3)cc21. The predicted molar refractivity (Wildman–Crippen MR) is 276 cm³/mol. The van der Waals surface area contributed by atoms with Crippen molar-refractivity contribution in [2.24, 2.45) is 0 Å². The lowest BCUT2D eigenvalue weighted by Gasteiger charge is -2.39. The number of aromatic nitrogens is 2. The number of methoxy groups -OCH3 is 1. The van der Waals surface area contributed by atoms with Gasteiger partial charge in [-0.2, -0.15) is 0 Å². The van der Waals surface area contributed by atoms with Crippen molar-refractivity contribution in [3.63, 3.8) is 0 Å². The van der Waals surface area contributed by atoms with Gasteiger partial charge in [0.2, 0.25) is 11.8 Å². The molecule has 4 heterocycles. The summed E-state index contributed by atoms with van der Waals surface area (Å²) in [6.45, 7) is 15.4. The number of piperazine rings is 1. The quantitative estimate of drug-likeness (QED) is 0.0519. The smallest absolute Gasteiger partial charge is 0.241 e. The van der Waals surface area contributed by atoms with Crippen molar-refractivity contribution in [1.29, 1.82) is 0 Å². The Hall–Kier alpha value is -5.27. The third kappa shape index (κ3) is 15.9. The van der Waals surface area contributed by atoms with Crippen LogP contribution in [0.4, 0.5) is 15.8 Å². The number of amides is 2. The van der Waals surface area contributed by atoms with E-state index in [1.54, 1.807) is 13.3 Å². The predicted octanol–water partition coefficient (Wildman–Crippen LogP) is 5.80. The minimum absolute atomic E-state index is 0.0526. The van der Waals surface area contributed by atoms with Crippen LogP contribution in [0.2, 0.25) is 0 Å². The highest BCUT2D eigenvalue weighted by molar-refractivity contribution is 5.98. The zero-order valence-electron chi connectivity index (χ0n) is 42.2. The summed E-state index contributed by atoms with van der Waals surface area (Å²) in [4.78, 5) is 43.4. The van der Waals surface area contributed by atoms with Gasteiger partial charge in [-0.25, -0.2) is 4.39 Å². The first-order chi connectivity index (χ1) is 34.5. The van der Waals surface area contributed by atoms with Gasteiger partial charge in [0.15, 0.2) is 0 Å². The van der Waals surface area contributed by atoms with Gasteiger partial charge in [0.05, 0.1) is 89.0 Å². The molecule has 16 heteroatoms. The molecule has 2 amide bonds. The second-order valence-corrected chi connectivity index (χ2v) is 19.3. The minimum atomic E-state index is -0.374. The largest absolute Gasteiger partial charge is 0.383 e. The summed E-state index contributed by atoms with van der Waals surface area (Å²) in [5.74, 6) is -0.677. The lowest BCUT2D eigenvalue weighted by atomic mass is 9.90. The summed E-state index contributed by atoms with van der Waals surface area (Å²) >= 11 is 0. The Morgan fingerprint density at radius 1 is 0.901 bits per heavy atom. The van der Waals surface area contributed by atoms with Crippen LogP contribution in [-0.2, 0) is 51.7 Å². The molecule has 71 heavy (non-hydrogen) atoms. The van der Waals surface area contributed by atoms with Crippen LogP contribution in [0.25, 0.3) is 10.8 Å². The number of carbonyl (C=O) groups is 2. The molecule has 3 atom stereocenters. The number of nitrogens with one attached hydrogen (secondary N) is 3. The Morgan fingerprint density at radius 3 is 2.35 bits per heavy atom. The molecule has 5 aromatic rings.